The zero-order chi connectivity index (χ0) is 23.3. The van der Waals surface area contributed by atoms with E-state index in [9.17, 15) is 14.7 Å². The number of nitrogens with zero attached hydrogens (tertiary/aromatic N) is 2. The first kappa shape index (κ1) is 23.3. The van der Waals surface area contributed by atoms with Gasteiger partial charge in [-0.25, -0.2) is 0 Å². The Balaban J connectivity index is 2.14. The fraction of sp³-hybridized carbons (Fsp3) is 0.360. The molecule has 7 heteroatoms. The average molecular weight is 439 g/mol. The molecule has 0 aliphatic carbocycles. The first-order chi connectivity index (χ1) is 15.4. The van der Waals surface area contributed by atoms with Crippen molar-refractivity contribution < 1.29 is 24.2 Å². The molecule has 1 saturated heterocycles. The van der Waals surface area contributed by atoms with Crippen molar-refractivity contribution in [1.82, 2.24) is 9.80 Å². The van der Waals surface area contributed by atoms with E-state index in [-0.39, 0.29) is 11.3 Å². The minimum atomic E-state index is -0.758. The van der Waals surface area contributed by atoms with Crippen LogP contribution >= 0.6 is 0 Å². The molecular formula is C25H30N2O5. The number of aliphatic hydroxyl groups excluding tert-OH is 1. The topological polar surface area (TPSA) is 79.3 Å². The van der Waals surface area contributed by atoms with Crippen molar-refractivity contribution in [2.45, 2.75) is 19.4 Å². The van der Waals surface area contributed by atoms with Crippen LogP contribution in [0.25, 0.3) is 5.76 Å². The molecule has 1 N–H and O–H groups in total. The second-order valence-corrected chi connectivity index (χ2v) is 7.91. The van der Waals surface area contributed by atoms with Crippen molar-refractivity contribution in [3.8, 4) is 11.5 Å². The monoisotopic (exact) mass is 438 g/mol. The maximum absolute atomic E-state index is 13.1. The lowest BCUT2D eigenvalue weighted by Crippen LogP contribution is -2.35. The molecule has 1 aliphatic rings. The molecule has 1 fully saturated rings. The second-order valence-electron chi connectivity index (χ2n) is 7.91. The lowest BCUT2D eigenvalue weighted by Gasteiger charge is -2.27. The Hall–Kier alpha value is -3.32. The highest BCUT2D eigenvalue weighted by Gasteiger charge is 2.46. The molecule has 170 valence electrons. The number of amides is 1. The van der Waals surface area contributed by atoms with Crippen LogP contribution in [-0.2, 0) is 9.59 Å². The molecule has 0 saturated carbocycles. The number of hydrogen-bond donors (Lipinski definition) is 1. The van der Waals surface area contributed by atoms with Gasteiger partial charge < -0.3 is 24.4 Å². The molecule has 2 aromatic rings. The summed E-state index contributed by atoms with van der Waals surface area (Å²) in [6.07, 6.45) is 0.848. The molecule has 0 radical (unpaired) electrons. The number of likely N-dealkylation sites (tertiary alicyclic amines) is 1. The van der Waals surface area contributed by atoms with Gasteiger partial charge in [-0.2, -0.15) is 0 Å². The Kier molecular flexibility index (Phi) is 7.53. The summed E-state index contributed by atoms with van der Waals surface area (Å²) < 4.78 is 11.2. The number of aliphatic hydroxyl groups is 1. The van der Waals surface area contributed by atoms with E-state index in [1.807, 2.05) is 44.1 Å². The molecule has 1 unspecified atom stereocenters. The summed E-state index contributed by atoms with van der Waals surface area (Å²) in [6, 6.07) is 13.4. The van der Waals surface area contributed by atoms with Crippen LogP contribution in [0.1, 0.15) is 30.5 Å². The van der Waals surface area contributed by atoms with Gasteiger partial charge in [0.05, 0.1) is 25.3 Å². The van der Waals surface area contributed by atoms with Crippen LogP contribution in [0.3, 0.4) is 0 Å². The summed E-state index contributed by atoms with van der Waals surface area (Å²) in [7, 11) is 5.34. The molecule has 1 amide bonds. The average Bonchev–Trinajstić information content (AvgIpc) is 3.05. The summed E-state index contributed by atoms with van der Waals surface area (Å²) >= 11 is 0. The molecule has 3 rings (SSSR count). The summed E-state index contributed by atoms with van der Waals surface area (Å²) in [5, 5.41) is 11.2. The maximum Gasteiger partial charge on any atom is 0.295 e. The Morgan fingerprint density at radius 3 is 2.56 bits per heavy atom. The van der Waals surface area contributed by atoms with E-state index in [0.29, 0.717) is 42.3 Å². The van der Waals surface area contributed by atoms with Crippen molar-refractivity contribution in [2.24, 2.45) is 0 Å². The van der Waals surface area contributed by atoms with E-state index in [1.54, 1.807) is 37.4 Å². The largest absolute Gasteiger partial charge is 0.507 e. The highest BCUT2D eigenvalue weighted by atomic mass is 16.5. The van der Waals surface area contributed by atoms with Gasteiger partial charge in [-0.3, -0.25) is 9.59 Å². The third-order valence-corrected chi connectivity index (χ3v) is 5.34. The maximum atomic E-state index is 13.1. The van der Waals surface area contributed by atoms with Crippen LogP contribution < -0.4 is 9.47 Å². The Labute approximate surface area is 188 Å². The normalized spacial score (nSPS) is 17.8. The number of benzene rings is 2. The highest BCUT2D eigenvalue weighted by molar-refractivity contribution is 6.46. The van der Waals surface area contributed by atoms with Crippen LogP contribution in [0.4, 0.5) is 0 Å². The van der Waals surface area contributed by atoms with Gasteiger partial charge in [0.1, 0.15) is 17.3 Å². The summed E-state index contributed by atoms with van der Waals surface area (Å²) in [5.41, 5.74) is 1.11. The number of hydrogen-bond acceptors (Lipinski definition) is 6. The first-order valence-corrected chi connectivity index (χ1v) is 10.7. The number of methoxy groups -OCH3 is 1. The van der Waals surface area contributed by atoms with E-state index in [1.165, 1.54) is 4.90 Å². The van der Waals surface area contributed by atoms with E-state index >= 15 is 0 Å². The quantitative estimate of drug-likeness (QED) is 0.367. The van der Waals surface area contributed by atoms with Gasteiger partial charge in [0, 0.05) is 24.2 Å². The van der Waals surface area contributed by atoms with Crippen LogP contribution in [0.2, 0.25) is 0 Å². The van der Waals surface area contributed by atoms with Gasteiger partial charge in [0.15, 0.2) is 0 Å². The Morgan fingerprint density at radius 1 is 1.12 bits per heavy atom. The number of ketones is 1. The molecule has 0 spiro atoms. The number of carbonyl (C=O) groups excluding carboxylic acids is 2. The minimum Gasteiger partial charge on any atom is -0.507 e. The van der Waals surface area contributed by atoms with Crippen LogP contribution in [0.5, 0.6) is 11.5 Å². The van der Waals surface area contributed by atoms with Crippen LogP contribution in [-0.4, -0.2) is 67.5 Å². The molecule has 0 bridgehead atoms. The summed E-state index contributed by atoms with van der Waals surface area (Å²) in [6.45, 7) is 3.45. The fourth-order valence-electron chi connectivity index (χ4n) is 3.74. The molecule has 2 aromatic carbocycles. The van der Waals surface area contributed by atoms with E-state index in [4.69, 9.17) is 9.47 Å². The number of para-hydroxylation sites is 1. The third kappa shape index (κ3) is 4.78. The highest BCUT2D eigenvalue weighted by Crippen LogP contribution is 2.42. The third-order valence-electron chi connectivity index (χ3n) is 5.34. The molecular weight excluding hydrogens is 408 g/mol. The molecule has 0 aromatic heterocycles. The zero-order valence-electron chi connectivity index (χ0n) is 19.0. The van der Waals surface area contributed by atoms with Crippen LogP contribution in [0.15, 0.2) is 54.1 Å². The molecule has 32 heavy (non-hydrogen) atoms. The zero-order valence-corrected chi connectivity index (χ0v) is 19.0. The second kappa shape index (κ2) is 10.3. The van der Waals surface area contributed by atoms with Gasteiger partial charge in [0.25, 0.3) is 11.7 Å². The molecule has 1 heterocycles. The number of rotatable bonds is 9. The van der Waals surface area contributed by atoms with Crippen molar-refractivity contribution >= 4 is 17.4 Å². The predicted octanol–water partition coefficient (Wildman–Crippen LogP) is 3.47. The lowest BCUT2D eigenvalue weighted by molar-refractivity contribution is -0.140. The van der Waals surface area contributed by atoms with E-state index < -0.39 is 17.7 Å². The van der Waals surface area contributed by atoms with Crippen molar-refractivity contribution in [3.05, 3.63) is 65.2 Å². The molecule has 1 atom stereocenters. The Morgan fingerprint density at radius 2 is 1.88 bits per heavy atom. The first-order valence-electron chi connectivity index (χ1n) is 10.7. The van der Waals surface area contributed by atoms with Crippen molar-refractivity contribution in [1.29, 1.82) is 0 Å². The van der Waals surface area contributed by atoms with Crippen molar-refractivity contribution in [3.63, 3.8) is 0 Å². The van der Waals surface area contributed by atoms with Gasteiger partial charge in [0.2, 0.25) is 0 Å². The number of carbonyl (C=O) groups is 2. The standard InChI is InChI=1S/C25H30N2O5/c1-5-15-32-18-10-8-9-17(16-18)23(28)21-22(19-11-6-7-12-20(19)31-4)27(14-13-26(2)3)25(30)24(21)29/h6-12,16,22,28H,5,13-15H2,1-4H3/b23-21-. The number of ether oxygens (including phenoxy) is 2. The lowest BCUT2D eigenvalue weighted by atomic mass is 9.94. The molecule has 7 nitrogen and oxygen atoms in total. The van der Waals surface area contributed by atoms with Gasteiger partial charge in [-0.15, -0.1) is 0 Å². The van der Waals surface area contributed by atoms with Gasteiger partial charge in [-0.1, -0.05) is 37.3 Å². The van der Waals surface area contributed by atoms with Crippen LogP contribution in [0, 0.1) is 0 Å². The predicted molar refractivity (Wildman–Crippen MR) is 123 cm³/mol. The van der Waals surface area contributed by atoms with Gasteiger partial charge >= 0.3 is 0 Å². The fourth-order valence-corrected chi connectivity index (χ4v) is 3.74. The van der Waals surface area contributed by atoms with Gasteiger partial charge in [-0.05, 0) is 38.7 Å². The summed E-state index contributed by atoms with van der Waals surface area (Å²) in [5.74, 6) is -0.444. The van der Waals surface area contributed by atoms with E-state index in [2.05, 4.69) is 0 Å². The van der Waals surface area contributed by atoms with Crippen molar-refractivity contribution in [2.75, 3.05) is 40.9 Å². The number of likely N-dealkylation sites (N-methyl/N-ethyl adjacent to an activating group) is 1. The smallest absolute Gasteiger partial charge is 0.295 e. The molecule has 1 aliphatic heterocycles. The Bertz CT molecular complexity index is 1010. The number of Topliss-reactive ketones (excluding diaryl/α,β-unsaturated/α-hetero) is 1. The minimum absolute atomic E-state index is 0.0471. The van der Waals surface area contributed by atoms with E-state index in [0.717, 1.165) is 6.42 Å². The summed E-state index contributed by atoms with van der Waals surface area (Å²) in [4.78, 5) is 29.6. The SMILES string of the molecule is CCCOc1cccc(/C(O)=C2/C(=O)C(=O)N(CCN(C)C)C2c2ccccc2OC)c1.